The van der Waals surface area contributed by atoms with Gasteiger partial charge in [0, 0.05) is 78.6 Å². The Hall–Kier alpha value is -8.46. The Morgan fingerprint density at radius 3 is 1.89 bits per heavy atom. The largest absolute Gasteiger partial charge is 0.480 e. The highest BCUT2D eigenvalue weighted by atomic mass is 16.6. The number of likely N-dealkylation sites (N-methyl/N-ethyl adjacent to an activating group) is 2. The molecule has 11 atom stereocenters. The van der Waals surface area contributed by atoms with E-state index in [1.54, 1.807) is 109 Å². The van der Waals surface area contributed by atoms with Crippen molar-refractivity contribution in [2.45, 2.75) is 194 Å². The maximum Gasteiger partial charge on any atom is 0.410 e. The van der Waals surface area contributed by atoms with Crippen molar-refractivity contribution in [3.05, 3.63) is 77.9 Å². The Bertz CT molecular complexity index is 2950. The standard InChI is InChI=1S/C68H103N11O16/c1-14-43(8)59(51(93-12)38-55(83)78-36-22-26-50(78)60(94-13)44(9)61(84)73-49(66(89)90)37-45-23-17-15-18-24-45)76(10)65(88)57(41(4)5)75-64(87)58(42(6)7)77(11)68(92)95-39-46-28-30-47(31-29-46)71-62(85)48(25-21-34-70-67(69)91)72-63(86)56(40(2)3)74-52(80)27-19-16-20-35-79-53(81)32-33-54(79)82/h15,17-18,23-24,28-33,40-44,48-51,56-60H,14,16,19-22,25-27,34-39H2,1-13H3,(H,71,85)(H,72,86)(H,73,84)(H,74,80)(H,75,87)(H,89,90)(H3,69,70,91)/t43-,44+,48?,49-,50-,51+,56-,57-,58-,59?,60+/m0/s1. The number of primary amides is 1. The van der Waals surface area contributed by atoms with Crippen LogP contribution in [0.4, 0.5) is 15.3 Å². The fourth-order valence-corrected chi connectivity index (χ4v) is 12.0. The molecule has 1 fully saturated rings. The van der Waals surface area contributed by atoms with Crippen LogP contribution in [0.1, 0.15) is 138 Å². The van der Waals surface area contributed by atoms with Gasteiger partial charge in [0.1, 0.15) is 36.8 Å². The lowest BCUT2D eigenvalue weighted by Gasteiger charge is -2.41. The number of urea groups is 1. The van der Waals surface area contributed by atoms with Gasteiger partial charge < -0.3 is 66.8 Å². The number of ether oxygens (including phenoxy) is 3. The van der Waals surface area contributed by atoms with Crippen molar-refractivity contribution < 1.29 is 76.9 Å². The van der Waals surface area contributed by atoms with Crippen molar-refractivity contribution >= 4 is 76.9 Å². The number of methoxy groups -OCH3 is 2. The van der Waals surface area contributed by atoms with Crippen molar-refractivity contribution in [1.29, 1.82) is 0 Å². The summed E-state index contributed by atoms with van der Waals surface area (Å²) in [4.78, 5) is 165. The number of nitrogens with two attached hydrogens (primary N) is 1. The number of likely N-dealkylation sites (tertiary alicyclic amines) is 1. The molecule has 0 spiro atoms. The van der Waals surface area contributed by atoms with Gasteiger partial charge in [0.05, 0.1) is 36.6 Å². The molecular weight excluding hydrogens is 1230 g/mol. The molecule has 2 aliphatic rings. The fourth-order valence-electron chi connectivity index (χ4n) is 12.0. The van der Waals surface area contributed by atoms with E-state index in [0.29, 0.717) is 56.3 Å². The summed E-state index contributed by atoms with van der Waals surface area (Å²) in [6.07, 6.45) is 3.58. The summed E-state index contributed by atoms with van der Waals surface area (Å²) in [5, 5.41) is 26.4. The van der Waals surface area contributed by atoms with Crippen LogP contribution in [0.25, 0.3) is 0 Å². The second-order valence-corrected chi connectivity index (χ2v) is 25.7. The van der Waals surface area contributed by atoms with Gasteiger partial charge in [-0.1, -0.05) is 118 Å². The van der Waals surface area contributed by atoms with E-state index in [4.69, 9.17) is 19.9 Å². The minimum Gasteiger partial charge on any atom is -0.480 e. The number of unbranched alkanes of at least 4 members (excludes halogenated alkanes) is 2. The fraction of sp³-hybridized carbons (Fsp3) is 0.618. The molecule has 2 aliphatic heterocycles. The number of carboxylic acids is 1. The SMILES string of the molecule is CC[C@H](C)C([C@@H](CC(=O)N1CCC[C@H]1[C@H](OC)[C@@H](C)C(=O)N[C@@H](Cc1ccccc1)C(=O)O)OC)N(C)C(=O)[C@@H](NC(=O)[C@H](C(C)C)N(C)C(=O)OCc1ccc(NC(=O)C(CCCNC(N)=O)NC(=O)[C@@H](NC(=O)CCCCCN2C(=O)C=CC2=O)C(C)C)cc1)C(C)C. The van der Waals surface area contributed by atoms with Crippen molar-refractivity contribution in [2.75, 3.05) is 53.3 Å². The van der Waals surface area contributed by atoms with E-state index in [1.807, 2.05) is 19.9 Å². The number of hydrogen-bond acceptors (Lipinski definition) is 15. The van der Waals surface area contributed by atoms with Crippen LogP contribution in [0.5, 0.6) is 0 Å². The zero-order valence-corrected chi connectivity index (χ0v) is 57.5. The predicted octanol–water partition coefficient (Wildman–Crippen LogP) is 4.65. The van der Waals surface area contributed by atoms with Crippen LogP contribution >= 0.6 is 0 Å². The monoisotopic (exact) mass is 1330 g/mol. The van der Waals surface area contributed by atoms with Gasteiger partial charge in [-0.25, -0.2) is 14.4 Å². The molecule has 9 N–H and O–H groups in total. The third-order valence-corrected chi connectivity index (χ3v) is 17.6. The van der Waals surface area contributed by atoms with E-state index < -0.39 is 126 Å². The number of aliphatic carboxylic acids is 1. The lowest BCUT2D eigenvalue weighted by Crippen LogP contribution is -2.60. The molecule has 2 unspecified atom stereocenters. The zero-order valence-electron chi connectivity index (χ0n) is 57.5. The normalized spacial score (nSPS) is 16.9. The highest BCUT2D eigenvalue weighted by molar-refractivity contribution is 6.12. The van der Waals surface area contributed by atoms with E-state index in [0.717, 1.165) is 15.4 Å². The second-order valence-electron chi connectivity index (χ2n) is 25.7. The molecule has 4 rings (SSSR count). The van der Waals surface area contributed by atoms with Crippen LogP contribution in [0.2, 0.25) is 0 Å². The Morgan fingerprint density at radius 1 is 0.695 bits per heavy atom. The number of hydrogen-bond donors (Lipinski definition) is 8. The first-order valence-corrected chi connectivity index (χ1v) is 32.9. The topological polar surface area (TPSA) is 364 Å². The Kier molecular flexibility index (Phi) is 32.2. The summed E-state index contributed by atoms with van der Waals surface area (Å²) in [6, 6.07) is 7.86. The lowest BCUT2D eigenvalue weighted by atomic mass is 9.89. The zero-order chi connectivity index (χ0) is 70.8. The molecular formula is C68H103N11O16. The summed E-state index contributed by atoms with van der Waals surface area (Å²) in [7, 11) is 5.96. The first-order chi connectivity index (χ1) is 44.9. The summed E-state index contributed by atoms with van der Waals surface area (Å²) < 4.78 is 17.7. The first-order valence-electron chi connectivity index (χ1n) is 32.9. The molecule has 526 valence electrons. The van der Waals surface area contributed by atoms with Gasteiger partial charge in [-0.2, -0.15) is 0 Å². The Labute approximate surface area is 558 Å². The summed E-state index contributed by atoms with van der Waals surface area (Å²) in [5.41, 5.74) is 6.83. The molecule has 27 nitrogen and oxygen atoms in total. The highest BCUT2D eigenvalue weighted by Gasteiger charge is 2.44. The van der Waals surface area contributed by atoms with Crippen molar-refractivity contribution in [1.82, 2.24) is 46.2 Å². The molecule has 2 aromatic rings. The number of imide groups is 1. The van der Waals surface area contributed by atoms with E-state index in [-0.39, 0.29) is 81.4 Å². The Morgan fingerprint density at radius 2 is 1.33 bits per heavy atom. The molecule has 0 aromatic heterocycles. The van der Waals surface area contributed by atoms with Crippen LogP contribution in [-0.2, 0) is 75.2 Å². The average Bonchev–Trinajstić information content (AvgIpc) is 1.81. The minimum atomic E-state index is -1.19. The second kappa shape index (κ2) is 38.8. The number of benzene rings is 2. The van der Waals surface area contributed by atoms with Crippen molar-refractivity contribution in [3.63, 3.8) is 0 Å². The van der Waals surface area contributed by atoms with Crippen LogP contribution in [0.15, 0.2) is 66.7 Å². The molecule has 95 heavy (non-hydrogen) atoms. The van der Waals surface area contributed by atoms with Crippen LogP contribution in [-0.4, -0.2) is 198 Å². The van der Waals surface area contributed by atoms with Gasteiger partial charge in [0.25, 0.3) is 11.8 Å². The maximum absolute atomic E-state index is 14.8. The highest BCUT2D eigenvalue weighted by Crippen LogP contribution is 2.30. The minimum absolute atomic E-state index is 0.0752. The number of carboxylic acid groups (broad SMARTS) is 1. The van der Waals surface area contributed by atoms with Gasteiger partial charge in [-0.05, 0) is 85.5 Å². The Balaban J connectivity index is 1.38. The predicted molar refractivity (Wildman–Crippen MR) is 354 cm³/mol. The maximum atomic E-state index is 14.8. The van der Waals surface area contributed by atoms with Crippen LogP contribution in [0.3, 0.4) is 0 Å². The molecule has 0 bridgehead atoms. The van der Waals surface area contributed by atoms with Crippen LogP contribution in [0, 0.1) is 29.6 Å². The third kappa shape index (κ3) is 23.8. The number of anilines is 1. The van der Waals surface area contributed by atoms with E-state index in [2.05, 4.69) is 31.9 Å². The van der Waals surface area contributed by atoms with Gasteiger partial charge in [-0.15, -0.1) is 0 Å². The van der Waals surface area contributed by atoms with E-state index in [9.17, 15) is 62.6 Å². The van der Waals surface area contributed by atoms with Crippen molar-refractivity contribution in [2.24, 2.45) is 35.3 Å². The van der Waals surface area contributed by atoms with Gasteiger partial charge in [0.15, 0.2) is 0 Å². The van der Waals surface area contributed by atoms with Crippen LogP contribution < -0.4 is 37.6 Å². The van der Waals surface area contributed by atoms with Crippen molar-refractivity contribution in [3.8, 4) is 0 Å². The van der Waals surface area contributed by atoms with Gasteiger partial charge in [-0.3, -0.25) is 53.0 Å². The van der Waals surface area contributed by atoms with Gasteiger partial charge in [0.2, 0.25) is 41.4 Å². The number of nitrogens with zero attached hydrogens (tertiary/aromatic N) is 4. The summed E-state index contributed by atoms with van der Waals surface area (Å²) in [6.45, 7) is 16.6. The van der Waals surface area contributed by atoms with E-state index >= 15 is 0 Å². The molecule has 2 heterocycles. The number of nitrogens with one attached hydrogen (secondary N) is 6. The average molecular weight is 1330 g/mol. The lowest BCUT2D eigenvalue weighted by molar-refractivity contribution is -0.148. The quantitative estimate of drug-likeness (QED) is 0.0333. The molecule has 1 saturated heterocycles. The molecule has 27 heteroatoms. The molecule has 0 radical (unpaired) electrons. The van der Waals surface area contributed by atoms with E-state index in [1.165, 1.54) is 38.3 Å². The molecule has 2 aromatic carbocycles. The van der Waals surface area contributed by atoms with Gasteiger partial charge >= 0.3 is 18.1 Å². The number of rotatable bonds is 39. The molecule has 0 aliphatic carbocycles. The third-order valence-electron chi connectivity index (χ3n) is 17.6. The number of carbonyl (C=O) groups is 12. The number of carbonyl (C=O) groups excluding carboxylic acids is 11. The first kappa shape index (κ1) is 79.0. The molecule has 0 saturated carbocycles. The smallest absolute Gasteiger partial charge is 0.410 e. The summed E-state index contributed by atoms with van der Waals surface area (Å²) in [5.74, 6) is -7.74. The summed E-state index contributed by atoms with van der Waals surface area (Å²) >= 11 is 0. The molecule has 12 amide bonds. The number of amides is 12.